The van der Waals surface area contributed by atoms with E-state index in [4.69, 9.17) is 31.3 Å². The smallest absolute Gasteiger partial charge is 0.323 e. The molecular weight excluding hydrogens is 210 g/mol. The molecule has 0 aliphatic carbocycles. The molecule has 0 fully saturated rings. The van der Waals surface area contributed by atoms with Crippen LogP contribution in [0.25, 0.3) is 0 Å². The summed E-state index contributed by atoms with van der Waals surface area (Å²) in [6, 6.07) is -1.79. The van der Waals surface area contributed by atoms with E-state index in [0.717, 1.165) is 0 Å². The highest BCUT2D eigenvalue weighted by Gasteiger charge is 2.35. The summed E-state index contributed by atoms with van der Waals surface area (Å²) in [7, 11) is 0. The molecule has 0 aliphatic heterocycles. The molecule has 0 rings (SSSR count). The average molecular weight is 225 g/mol. The van der Waals surface area contributed by atoms with Gasteiger partial charge in [0.2, 0.25) is 0 Å². The number of carboxylic acid groups (broad SMARTS) is 1. The SMILES string of the molecule is N[C@H](C(=O)O)[C@H](O)[C@@H](O)[C@@H](O)[C@H](O)CO. The summed E-state index contributed by atoms with van der Waals surface area (Å²) < 4.78 is 0. The Morgan fingerprint density at radius 1 is 1.07 bits per heavy atom. The zero-order valence-electron chi connectivity index (χ0n) is 7.76. The molecule has 0 unspecified atom stereocenters. The third-order valence-electron chi connectivity index (χ3n) is 1.93. The number of nitrogens with two attached hydrogens (primary N) is 1. The van der Waals surface area contributed by atoms with Crippen molar-refractivity contribution >= 4 is 5.97 Å². The van der Waals surface area contributed by atoms with Gasteiger partial charge in [0, 0.05) is 0 Å². The van der Waals surface area contributed by atoms with Crippen molar-refractivity contribution in [2.45, 2.75) is 30.5 Å². The van der Waals surface area contributed by atoms with Crippen molar-refractivity contribution in [3.05, 3.63) is 0 Å². The van der Waals surface area contributed by atoms with Crippen molar-refractivity contribution in [3.8, 4) is 0 Å². The van der Waals surface area contributed by atoms with E-state index >= 15 is 0 Å². The summed E-state index contributed by atoms with van der Waals surface area (Å²) in [5, 5.41) is 53.2. The Bertz CT molecular complexity index is 212. The number of aliphatic hydroxyl groups excluding tert-OH is 5. The minimum atomic E-state index is -1.96. The lowest BCUT2D eigenvalue weighted by Gasteiger charge is -2.27. The molecule has 5 atom stereocenters. The van der Waals surface area contributed by atoms with Crippen LogP contribution in [0.1, 0.15) is 0 Å². The second-order valence-electron chi connectivity index (χ2n) is 3.09. The van der Waals surface area contributed by atoms with E-state index in [0.29, 0.717) is 0 Å². The Morgan fingerprint density at radius 2 is 1.53 bits per heavy atom. The quantitative estimate of drug-likeness (QED) is 0.239. The van der Waals surface area contributed by atoms with E-state index in [9.17, 15) is 9.90 Å². The van der Waals surface area contributed by atoms with Crippen molar-refractivity contribution < 1.29 is 35.4 Å². The van der Waals surface area contributed by atoms with Gasteiger partial charge in [0.1, 0.15) is 30.5 Å². The fourth-order valence-electron chi connectivity index (χ4n) is 0.896. The maximum absolute atomic E-state index is 10.3. The highest BCUT2D eigenvalue weighted by Crippen LogP contribution is 2.07. The summed E-state index contributed by atoms with van der Waals surface area (Å²) in [6.45, 7) is -0.840. The minimum Gasteiger partial charge on any atom is -0.480 e. The summed E-state index contributed by atoms with van der Waals surface area (Å²) in [4.78, 5) is 10.3. The molecule has 0 aromatic rings. The molecule has 8 nitrogen and oxygen atoms in total. The lowest BCUT2D eigenvalue weighted by molar-refractivity contribution is -0.150. The fourth-order valence-corrected chi connectivity index (χ4v) is 0.896. The number of rotatable bonds is 6. The minimum absolute atomic E-state index is 0.840. The van der Waals surface area contributed by atoms with Gasteiger partial charge >= 0.3 is 5.97 Å². The van der Waals surface area contributed by atoms with Gasteiger partial charge in [-0.05, 0) is 0 Å². The second-order valence-corrected chi connectivity index (χ2v) is 3.09. The molecule has 0 aromatic carbocycles. The molecule has 8 N–H and O–H groups in total. The molecule has 8 heteroatoms. The number of carboxylic acids is 1. The Morgan fingerprint density at radius 3 is 1.87 bits per heavy atom. The Balaban J connectivity index is 4.42. The van der Waals surface area contributed by atoms with Crippen LogP contribution in [0.15, 0.2) is 0 Å². The molecule has 15 heavy (non-hydrogen) atoms. The first-order chi connectivity index (χ1) is 6.82. The standard InChI is InChI=1S/C7H15NO7/c8-3(7(14)15)5(12)6(13)4(11)2(10)1-9/h2-6,9-13H,1,8H2,(H,14,15)/t2-,3+,4+,5+,6+/m1/s1. The summed E-state index contributed by atoms with van der Waals surface area (Å²) in [5.74, 6) is -1.56. The number of aliphatic carboxylic acids is 1. The van der Waals surface area contributed by atoms with Crippen LogP contribution in [0.3, 0.4) is 0 Å². The Hall–Kier alpha value is -0.770. The maximum Gasteiger partial charge on any atom is 0.323 e. The highest BCUT2D eigenvalue weighted by molar-refractivity contribution is 5.74. The first kappa shape index (κ1) is 14.2. The summed E-state index contributed by atoms with van der Waals surface area (Å²) in [6.07, 6.45) is -7.47. The Kier molecular flexibility index (Phi) is 5.65. The van der Waals surface area contributed by atoms with Crippen LogP contribution in [0.2, 0.25) is 0 Å². The van der Waals surface area contributed by atoms with Crippen LogP contribution >= 0.6 is 0 Å². The molecule has 0 amide bonds. The molecule has 0 radical (unpaired) electrons. The topological polar surface area (TPSA) is 164 Å². The van der Waals surface area contributed by atoms with Gasteiger partial charge in [-0.1, -0.05) is 0 Å². The fraction of sp³-hybridized carbons (Fsp3) is 0.857. The number of hydrogen-bond acceptors (Lipinski definition) is 7. The van der Waals surface area contributed by atoms with Gasteiger partial charge < -0.3 is 36.4 Å². The zero-order chi connectivity index (χ0) is 12.2. The molecule has 90 valence electrons. The van der Waals surface area contributed by atoms with E-state index in [1.165, 1.54) is 0 Å². The lowest BCUT2D eigenvalue weighted by atomic mass is 9.98. The molecule has 0 spiro atoms. The second kappa shape index (κ2) is 5.95. The predicted molar refractivity (Wildman–Crippen MR) is 46.7 cm³/mol. The van der Waals surface area contributed by atoms with Crippen LogP contribution < -0.4 is 5.73 Å². The molecule has 0 saturated heterocycles. The van der Waals surface area contributed by atoms with Crippen LogP contribution in [0.5, 0.6) is 0 Å². The van der Waals surface area contributed by atoms with Gasteiger partial charge in [-0.3, -0.25) is 4.79 Å². The maximum atomic E-state index is 10.3. The van der Waals surface area contributed by atoms with Crippen molar-refractivity contribution in [2.24, 2.45) is 5.73 Å². The number of carbonyl (C=O) groups is 1. The monoisotopic (exact) mass is 225 g/mol. The predicted octanol–water partition coefficient (Wildman–Crippen LogP) is -4.17. The van der Waals surface area contributed by atoms with Crippen LogP contribution in [0.4, 0.5) is 0 Å². The van der Waals surface area contributed by atoms with Crippen LogP contribution in [0, 0.1) is 0 Å². The molecule has 0 heterocycles. The molecule has 0 aliphatic rings. The van der Waals surface area contributed by atoms with Gasteiger partial charge in [-0.15, -0.1) is 0 Å². The van der Waals surface area contributed by atoms with Crippen LogP contribution in [-0.4, -0.2) is 73.7 Å². The van der Waals surface area contributed by atoms with Crippen molar-refractivity contribution in [1.29, 1.82) is 0 Å². The van der Waals surface area contributed by atoms with Gasteiger partial charge in [0.25, 0.3) is 0 Å². The van der Waals surface area contributed by atoms with E-state index in [-0.39, 0.29) is 0 Å². The first-order valence-corrected chi connectivity index (χ1v) is 4.14. The molecule has 0 saturated carbocycles. The van der Waals surface area contributed by atoms with Gasteiger partial charge in [-0.25, -0.2) is 0 Å². The largest absolute Gasteiger partial charge is 0.480 e. The highest BCUT2D eigenvalue weighted by atomic mass is 16.4. The van der Waals surface area contributed by atoms with Gasteiger partial charge in [-0.2, -0.15) is 0 Å². The van der Waals surface area contributed by atoms with Gasteiger partial charge in [0.15, 0.2) is 0 Å². The number of aliphatic hydroxyl groups is 5. The van der Waals surface area contributed by atoms with E-state index in [2.05, 4.69) is 0 Å². The van der Waals surface area contributed by atoms with E-state index in [1.807, 2.05) is 0 Å². The molecule has 0 aromatic heterocycles. The number of hydrogen-bond donors (Lipinski definition) is 7. The molecule has 0 bridgehead atoms. The Labute approximate surface area is 85.2 Å². The first-order valence-electron chi connectivity index (χ1n) is 4.14. The van der Waals surface area contributed by atoms with Crippen molar-refractivity contribution in [2.75, 3.05) is 6.61 Å². The van der Waals surface area contributed by atoms with E-state index in [1.54, 1.807) is 0 Å². The molecular formula is C7H15NO7. The third-order valence-corrected chi connectivity index (χ3v) is 1.93. The van der Waals surface area contributed by atoms with Crippen LogP contribution in [-0.2, 0) is 4.79 Å². The van der Waals surface area contributed by atoms with Crippen molar-refractivity contribution in [1.82, 2.24) is 0 Å². The average Bonchev–Trinajstić information content (AvgIpc) is 2.23. The van der Waals surface area contributed by atoms with Crippen molar-refractivity contribution in [3.63, 3.8) is 0 Å². The third kappa shape index (κ3) is 3.70. The van der Waals surface area contributed by atoms with Gasteiger partial charge in [0.05, 0.1) is 6.61 Å². The summed E-state index contributed by atoms with van der Waals surface area (Å²) >= 11 is 0. The lowest BCUT2D eigenvalue weighted by Crippen LogP contribution is -2.54. The summed E-state index contributed by atoms with van der Waals surface area (Å²) in [5.41, 5.74) is 4.98. The normalized spacial score (nSPS) is 21.5. The zero-order valence-corrected chi connectivity index (χ0v) is 7.76. The van der Waals surface area contributed by atoms with E-state index < -0.39 is 43.0 Å².